The largest absolute Gasteiger partial charge is 0.447 e. The van der Waals surface area contributed by atoms with Gasteiger partial charge in [0.1, 0.15) is 13.2 Å². The molecule has 2 N–H and O–H groups in total. The van der Waals surface area contributed by atoms with Crippen molar-refractivity contribution in [2.24, 2.45) is 0 Å². The normalized spacial score (nSPS) is 16.7. The van der Waals surface area contributed by atoms with E-state index in [4.69, 9.17) is 9.47 Å². The summed E-state index contributed by atoms with van der Waals surface area (Å²) in [5, 5.41) is 5.78. The number of hydrogen-bond acceptors (Lipinski definition) is 6. The van der Waals surface area contributed by atoms with Gasteiger partial charge in [0.15, 0.2) is 0 Å². The van der Waals surface area contributed by atoms with Crippen molar-refractivity contribution in [3.8, 4) is 22.3 Å². The van der Waals surface area contributed by atoms with Crippen molar-refractivity contribution in [1.29, 1.82) is 0 Å². The molecule has 5 aromatic rings. The minimum Gasteiger partial charge on any atom is -0.447 e. The Bertz CT molecular complexity index is 1890. The van der Waals surface area contributed by atoms with E-state index in [9.17, 15) is 19.2 Å². The molecule has 4 amide bonds. The van der Waals surface area contributed by atoms with Crippen LogP contribution in [0.25, 0.3) is 22.3 Å². The molecule has 0 spiro atoms. The lowest BCUT2D eigenvalue weighted by Crippen LogP contribution is -2.42. The number of amides is 4. The van der Waals surface area contributed by atoms with Gasteiger partial charge in [0.25, 0.3) is 11.8 Å². The highest BCUT2D eigenvalue weighted by Crippen LogP contribution is 2.24. The van der Waals surface area contributed by atoms with E-state index in [-0.39, 0.29) is 50.2 Å². The summed E-state index contributed by atoms with van der Waals surface area (Å²) < 4.78 is 10.6. The van der Waals surface area contributed by atoms with Crippen LogP contribution in [-0.2, 0) is 22.6 Å². The highest BCUT2D eigenvalue weighted by molar-refractivity contribution is 5.99. The van der Waals surface area contributed by atoms with Gasteiger partial charge in [-0.15, -0.1) is 0 Å². The van der Waals surface area contributed by atoms with Crippen molar-refractivity contribution >= 4 is 24.0 Å². The van der Waals surface area contributed by atoms with Gasteiger partial charge in [0.05, 0.1) is 12.1 Å². The van der Waals surface area contributed by atoms with Crippen LogP contribution in [0.3, 0.4) is 0 Å². The van der Waals surface area contributed by atoms with Crippen LogP contribution in [0.1, 0.15) is 31.8 Å². The topological polar surface area (TPSA) is 117 Å². The van der Waals surface area contributed by atoms with Gasteiger partial charge in [-0.2, -0.15) is 0 Å². The Balaban J connectivity index is 0.910. The zero-order chi connectivity index (χ0) is 35.9. The van der Waals surface area contributed by atoms with E-state index in [1.807, 2.05) is 109 Å². The molecule has 2 aliphatic heterocycles. The molecule has 10 heteroatoms. The number of rotatable bonds is 12. The summed E-state index contributed by atoms with van der Waals surface area (Å²) in [4.78, 5) is 54.7. The predicted molar refractivity (Wildman–Crippen MR) is 196 cm³/mol. The van der Waals surface area contributed by atoms with Crippen LogP contribution >= 0.6 is 0 Å². The quantitative estimate of drug-likeness (QED) is 0.154. The third kappa shape index (κ3) is 7.97. The number of benzene rings is 5. The van der Waals surface area contributed by atoms with E-state index < -0.39 is 12.2 Å². The van der Waals surface area contributed by atoms with E-state index in [2.05, 4.69) is 10.6 Å². The minimum atomic E-state index is -0.432. The minimum absolute atomic E-state index is 0.160. The summed E-state index contributed by atoms with van der Waals surface area (Å²) in [7, 11) is 0. The highest BCUT2D eigenvalue weighted by atomic mass is 16.6. The maximum absolute atomic E-state index is 13.2. The second-order valence-electron chi connectivity index (χ2n) is 12.8. The third-order valence-corrected chi connectivity index (χ3v) is 9.36. The molecule has 0 bridgehead atoms. The number of cyclic esters (lactones) is 2. The van der Waals surface area contributed by atoms with E-state index in [0.717, 1.165) is 33.4 Å². The molecule has 0 aromatic heterocycles. The van der Waals surface area contributed by atoms with Gasteiger partial charge in [0.2, 0.25) is 0 Å². The van der Waals surface area contributed by atoms with Crippen molar-refractivity contribution in [3.05, 3.63) is 156 Å². The van der Waals surface area contributed by atoms with E-state index in [1.54, 1.807) is 28.0 Å². The molecule has 2 heterocycles. The Morgan fingerprint density at radius 1 is 0.519 bits per heavy atom. The van der Waals surface area contributed by atoms with E-state index in [1.165, 1.54) is 6.07 Å². The van der Waals surface area contributed by atoms with Crippen molar-refractivity contribution in [1.82, 2.24) is 20.4 Å². The number of hydrogen-bond donors (Lipinski definition) is 2. The van der Waals surface area contributed by atoms with Crippen LogP contribution in [-0.4, -0.2) is 72.2 Å². The Labute approximate surface area is 302 Å². The lowest BCUT2D eigenvalue weighted by atomic mass is 10.0. The van der Waals surface area contributed by atoms with Gasteiger partial charge in [-0.3, -0.25) is 19.4 Å². The first-order valence-electron chi connectivity index (χ1n) is 17.2. The van der Waals surface area contributed by atoms with E-state index in [0.29, 0.717) is 24.2 Å². The number of nitrogens with one attached hydrogen (secondary N) is 2. The fraction of sp³-hybridized carbons (Fsp3) is 0.190. The van der Waals surface area contributed by atoms with Gasteiger partial charge in [-0.25, -0.2) is 9.59 Å². The predicted octanol–water partition coefficient (Wildman–Crippen LogP) is 6.52. The Morgan fingerprint density at radius 2 is 0.904 bits per heavy atom. The van der Waals surface area contributed by atoms with Crippen molar-refractivity contribution in [3.63, 3.8) is 0 Å². The zero-order valence-electron chi connectivity index (χ0n) is 28.4. The average molecular weight is 695 g/mol. The molecule has 2 saturated heterocycles. The second-order valence-corrected chi connectivity index (χ2v) is 12.8. The summed E-state index contributed by atoms with van der Waals surface area (Å²) in [5.41, 5.74) is 6.89. The van der Waals surface area contributed by atoms with Crippen LogP contribution in [0, 0.1) is 0 Å². The fourth-order valence-electron chi connectivity index (χ4n) is 6.39. The van der Waals surface area contributed by atoms with E-state index >= 15 is 0 Å². The molecule has 2 atom stereocenters. The number of nitrogens with zero attached hydrogens (tertiary/aromatic N) is 2. The van der Waals surface area contributed by atoms with Crippen LogP contribution < -0.4 is 10.6 Å². The maximum atomic E-state index is 13.2. The molecule has 0 saturated carbocycles. The molecule has 0 aliphatic carbocycles. The SMILES string of the molecule is O=C(NCC1COC(=O)N1Cc1ccc(-c2ccccc2)cc1)c1cccc(C(=O)NCC2COC(=O)N2Cc2ccc(-c3ccccc3)cc2)c1. The summed E-state index contributed by atoms with van der Waals surface area (Å²) in [6, 6.07) is 41.9. The lowest BCUT2D eigenvalue weighted by molar-refractivity contribution is 0.0942. The molecular weight excluding hydrogens is 656 g/mol. The van der Waals surface area contributed by atoms with Crippen molar-refractivity contribution in [2.45, 2.75) is 25.2 Å². The van der Waals surface area contributed by atoms with Crippen LogP contribution in [0.4, 0.5) is 9.59 Å². The Kier molecular flexibility index (Phi) is 10.2. The summed E-state index contributed by atoms with van der Waals surface area (Å²) in [6.07, 6.45) is -0.863. The Hall–Kier alpha value is -6.42. The third-order valence-electron chi connectivity index (χ3n) is 9.36. The molecule has 5 aromatic carbocycles. The smallest absolute Gasteiger partial charge is 0.410 e. The van der Waals surface area contributed by atoms with Gasteiger partial charge < -0.3 is 20.1 Å². The lowest BCUT2D eigenvalue weighted by Gasteiger charge is -2.22. The van der Waals surface area contributed by atoms with Gasteiger partial charge >= 0.3 is 12.2 Å². The standard InChI is InChI=1S/C42H38N4O6/c47-39(43-23-37-27-51-41(49)45(37)25-29-14-18-33(19-15-29)31-8-3-1-4-9-31)35-12-7-13-36(22-35)40(48)44-24-38-28-52-42(50)46(38)26-30-16-20-34(21-17-30)32-10-5-2-6-11-32/h1-22,37-38H,23-28H2,(H,43,47)(H,44,48). The molecular formula is C42H38N4O6. The summed E-state index contributed by atoms with van der Waals surface area (Å²) in [6.45, 7) is 1.38. The van der Waals surface area contributed by atoms with Crippen LogP contribution in [0.15, 0.2) is 133 Å². The molecule has 10 nitrogen and oxygen atoms in total. The van der Waals surface area contributed by atoms with Crippen LogP contribution in [0.5, 0.6) is 0 Å². The Morgan fingerprint density at radius 3 is 1.31 bits per heavy atom. The number of ether oxygens (including phenoxy) is 2. The molecule has 262 valence electrons. The van der Waals surface area contributed by atoms with Gasteiger partial charge in [0, 0.05) is 37.3 Å². The van der Waals surface area contributed by atoms with Gasteiger partial charge in [-0.1, -0.05) is 115 Å². The molecule has 2 fully saturated rings. The second kappa shape index (κ2) is 15.6. The molecule has 2 unspecified atom stereocenters. The van der Waals surface area contributed by atoms with Crippen molar-refractivity contribution < 1.29 is 28.7 Å². The van der Waals surface area contributed by atoms with Gasteiger partial charge in [-0.05, 0) is 51.6 Å². The first-order valence-corrected chi connectivity index (χ1v) is 17.2. The number of carbonyl (C=O) groups is 4. The maximum Gasteiger partial charge on any atom is 0.410 e. The van der Waals surface area contributed by atoms with Crippen molar-refractivity contribution in [2.75, 3.05) is 26.3 Å². The zero-order valence-corrected chi connectivity index (χ0v) is 28.4. The highest BCUT2D eigenvalue weighted by Gasteiger charge is 2.34. The fourth-order valence-corrected chi connectivity index (χ4v) is 6.39. The molecule has 0 radical (unpaired) electrons. The summed E-state index contributed by atoms with van der Waals surface area (Å²) in [5.74, 6) is -0.749. The molecule has 7 rings (SSSR count). The monoisotopic (exact) mass is 694 g/mol. The number of carbonyl (C=O) groups excluding carboxylic acids is 4. The first-order chi connectivity index (χ1) is 25.4. The average Bonchev–Trinajstić information content (AvgIpc) is 3.73. The first kappa shape index (κ1) is 34.0. The molecule has 2 aliphatic rings. The van der Waals surface area contributed by atoms with Crippen LogP contribution in [0.2, 0.25) is 0 Å². The molecule has 52 heavy (non-hydrogen) atoms. The summed E-state index contributed by atoms with van der Waals surface area (Å²) >= 11 is 0.